The molecule has 0 aliphatic heterocycles. The lowest BCUT2D eigenvalue weighted by Crippen LogP contribution is -2.02. The number of alkyl halides is 1. The van der Waals surface area contributed by atoms with Gasteiger partial charge in [0.1, 0.15) is 18.1 Å². The maximum Gasteiger partial charge on any atom is 0.127 e. The maximum atomic E-state index is 5.98. The monoisotopic (exact) mass is 290 g/mol. The molecule has 2 rings (SSSR count). The van der Waals surface area contributed by atoms with E-state index in [0.717, 1.165) is 28.2 Å². The first kappa shape index (κ1) is 14.7. The van der Waals surface area contributed by atoms with Gasteiger partial charge in [0, 0.05) is 11.1 Å². The van der Waals surface area contributed by atoms with Crippen LogP contribution in [0.15, 0.2) is 36.4 Å². The summed E-state index contributed by atoms with van der Waals surface area (Å²) >= 11 is 5.96. The number of rotatable bonds is 5. The number of halogens is 1. The second-order valence-corrected chi connectivity index (χ2v) is 5.07. The molecule has 0 aliphatic carbocycles. The topological polar surface area (TPSA) is 18.5 Å². The molecular weight excluding hydrogens is 272 g/mol. The van der Waals surface area contributed by atoms with Crippen molar-refractivity contribution in [1.82, 2.24) is 0 Å². The SMILES string of the molecule is COc1ccc(C)cc1COc1c(C)cccc1CCl. The van der Waals surface area contributed by atoms with Gasteiger partial charge in [-0.3, -0.25) is 0 Å². The van der Waals surface area contributed by atoms with Crippen molar-refractivity contribution in [1.29, 1.82) is 0 Å². The van der Waals surface area contributed by atoms with Crippen LogP contribution in [0.25, 0.3) is 0 Å². The minimum absolute atomic E-state index is 0.446. The lowest BCUT2D eigenvalue weighted by Gasteiger charge is -2.15. The molecule has 0 spiro atoms. The highest BCUT2D eigenvalue weighted by Crippen LogP contribution is 2.27. The van der Waals surface area contributed by atoms with Crippen LogP contribution in [0.5, 0.6) is 11.5 Å². The van der Waals surface area contributed by atoms with Crippen LogP contribution in [0.2, 0.25) is 0 Å². The Hall–Kier alpha value is -1.67. The first-order chi connectivity index (χ1) is 9.65. The molecule has 0 saturated carbocycles. The van der Waals surface area contributed by atoms with Crippen LogP contribution in [0, 0.1) is 13.8 Å². The second-order valence-electron chi connectivity index (χ2n) is 4.80. The van der Waals surface area contributed by atoms with Crippen molar-refractivity contribution in [2.24, 2.45) is 0 Å². The Balaban J connectivity index is 2.23. The standard InChI is InChI=1S/C17H19ClO2/c1-12-7-8-16(19-3)15(9-12)11-20-17-13(2)5-4-6-14(17)10-18/h4-9H,10-11H2,1-3H3. The van der Waals surface area contributed by atoms with Gasteiger partial charge in [-0.1, -0.05) is 29.8 Å². The van der Waals surface area contributed by atoms with E-state index in [2.05, 4.69) is 13.0 Å². The van der Waals surface area contributed by atoms with E-state index in [1.54, 1.807) is 7.11 Å². The molecule has 106 valence electrons. The Morgan fingerprint density at radius 2 is 1.85 bits per heavy atom. The van der Waals surface area contributed by atoms with E-state index in [0.29, 0.717) is 12.5 Å². The summed E-state index contributed by atoms with van der Waals surface area (Å²) < 4.78 is 11.3. The molecule has 0 saturated heterocycles. The average molecular weight is 291 g/mol. The summed E-state index contributed by atoms with van der Waals surface area (Å²) in [4.78, 5) is 0. The third kappa shape index (κ3) is 3.26. The number of methoxy groups -OCH3 is 1. The smallest absolute Gasteiger partial charge is 0.127 e. The van der Waals surface area contributed by atoms with Crippen LogP contribution < -0.4 is 9.47 Å². The molecule has 0 N–H and O–H groups in total. The fraction of sp³-hybridized carbons (Fsp3) is 0.294. The van der Waals surface area contributed by atoms with Gasteiger partial charge >= 0.3 is 0 Å². The summed E-state index contributed by atoms with van der Waals surface area (Å²) in [5.41, 5.74) is 4.33. The molecule has 2 nitrogen and oxygen atoms in total. The van der Waals surface area contributed by atoms with Gasteiger partial charge in [0.2, 0.25) is 0 Å². The molecule has 20 heavy (non-hydrogen) atoms. The highest BCUT2D eigenvalue weighted by atomic mass is 35.5. The molecule has 0 fully saturated rings. The van der Waals surface area contributed by atoms with E-state index < -0.39 is 0 Å². The number of ether oxygens (including phenoxy) is 2. The number of para-hydroxylation sites is 1. The minimum atomic E-state index is 0.446. The van der Waals surface area contributed by atoms with E-state index in [4.69, 9.17) is 21.1 Å². The van der Waals surface area contributed by atoms with Gasteiger partial charge in [-0.25, -0.2) is 0 Å². The molecule has 0 radical (unpaired) electrons. The van der Waals surface area contributed by atoms with Crippen LogP contribution in [0.1, 0.15) is 22.3 Å². The molecule has 0 amide bonds. The van der Waals surface area contributed by atoms with Crippen molar-refractivity contribution in [3.63, 3.8) is 0 Å². The van der Waals surface area contributed by atoms with Crippen molar-refractivity contribution in [3.05, 3.63) is 58.7 Å². The largest absolute Gasteiger partial charge is 0.496 e. The third-order valence-corrected chi connectivity index (χ3v) is 3.53. The lowest BCUT2D eigenvalue weighted by atomic mass is 10.1. The lowest BCUT2D eigenvalue weighted by molar-refractivity contribution is 0.292. The Labute approximate surface area is 125 Å². The summed E-state index contributed by atoms with van der Waals surface area (Å²) in [6.07, 6.45) is 0. The predicted molar refractivity (Wildman–Crippen MR) is 82.8 cm³/mol. The van der Waals surface area contributed by atoms with Crippen molar-refractivity contribution in [2.45, 2.75) is 26.3 Å². The van der Waals surface area contributed by atoms with Crippen LogP contribution in [-0.4, -0.2) is 7.11 Å². The summed E-state index contributed by atoms with van der Waals surface area (Å²) in [6.45, 7) is 4.55. The third-order valence-electron chi connectivity index (χ3n) is 3.25. The van der Waals surface area contributed by atoms with Crippen LogP contribution in [0.4, 0.5) is 0 Å². The van der Waals surface area contributed by atoms with Gasteiger partial charge in [-0.2, -0.15) is 0 Å². The molecule has 2 aromatic carbocycles. The molecule has 3 heteroatoms. The zero-order valence-electron chi connectivity index (χ0n) is 12.1. The summed E-state index contributed by atoms with van der Waals surface area (Å²) in [7, 11) is 1.67. The van der Waals surface area contributed by atoms with E-state index in [1.807, 2.05) is 37.3 Å². The maximum absolute atomic E-state index is 5.98. The molecule has 0 unspecified atom stereocenters. The van der Waals surface area contributed by atoms with Crippen LogP contribution in [0.3, 0.4) is 0 Å². The average Bonchev–Trinajstić information content (AvgIpc) is 2.46. The van der Waals surface area contributed by atoms with E-state index in [1.165, 1.54) is 5.56 Å². The quantitative estimate of drug-likeness (QED) is 0.748. The van der Waals surface area contributed by atoms with Crippen molar-refractivity contribution in [2.75, 3.05) is 7.11 Å². The van der Waals surface area contributed by atoms with Gasteiger partial charge < -0.3 is 9.47 Å². The second kappa shape index (κ2) is 6.67. The number of hydrogen-bond acceptors (Lipinski definition) is 2. The fourth-order valence-electron chi connectivity index (χ4n) is 2.20. The minimum Gasteiger partial charge on any atom is -0.496 e. The molecule has 0 heterocycles. The number of aryl methyl sites for hydroxylation is 2. The van der Waals surface area contributed by atoms with E-state index in [-0.39, 0.29) is 0 Å². The van der Waals surface area contributed by atoms with Gasteiger partial charge in [-0.05, 0) is 31.5 Å². The van der Waals surface area contributed by atoms with Crippen LogP contribution in [-0.2, 0) is 12.5 Å². The molecule has 0 aliphatic rings. The van der Waals surface area contributed by atoms with Gasteiger partial charge in [0.15, 0.2) is 0 Å². The van der Waals surface area contributed by atoms with Crippen molar-refractivity contribution >= 4 is 11.6 Å². The fourth-order valence-corrected chi connectivity index (χ4v) is 2.41. The first-order valence-electron chi connectivity index (χ1n) is 6.56. The highest BCUT2D eigenvalue weighted by Gasteiger charge is 2.09. The highest BCUT2D eigenvalue weighted by molar-refractivity contribution is 6.17. The summed E-state index contributed by atoms with van der Waals surface area (Å²) in [6, 6.07) is 12.1. The Kier molecular flexibility index (Phi) is 4.91. The van der Waals surface area contributed by atoms with Crippen molar-refractivity contribution < 1.29 is 9.47 Å². The van der Waals surface area contributed by atoms with Gasteiger partial charge in [-0.15, -0.1) is 11.6 Å². The zero-order chi connectivity index (χ0) is 14.5. The molecule has 0 atom stereocenters. The number of benzene rings is 2. The van der Waals surface area contributed by atoms with Crippen LogP contribution >= 0.6 is 11.6 Å². The molecule has 0 aromatic heterocycles. The Morgan fingerprint density at radius 1 is 1.05 bits per heavy atom. The van der Waals surface area contributed by atoms with Gasteiger partial charge in [0.25, 0.3) is 0 Å². The van der Waals surface area contributed by atoms with Gasteiger partial charge in [0.05, 0.1) is 13.0 Å². The van der Waals surface area contributed by atoms with E-state index in [9.17, 15) is 0 Å². The molecular formula is C17H19ClO2. The zero-order valence-corrected chi connectivity index (χ0v) is 12.8. The first-order valence-corrected chi connectivity index (χ1v) is 7.10. The van der Waals surface area contributed by atoms with E-state index >= 15 is 0 Å². The number of hydrogen-bond donors (Lipinski definition) is 0. The normalized spacial score (nSPS) is 10.4. The molecule has 0 bridgehead atoms. The Bertz CT molecular complexity index is 594. The predicted octanol–water partition coefficient (Wildman–Crippen LogP) is 4.63. The van der Waals surface area contributed by atoms with Crippen molar-refractivity contribution in [3.8, 4) is 11.5 Å². The Morgan fingerprint density at radius 3 is 2.55 bits per heavy atom. The summed E-state index contributed by atoms with van der Waals surface area (Å²) in [5.74, 6) is 2.16. The molecule has 2 aromatic rings. The summed E-state index contributed by atoms with van der Waals surface area (Å²) in [5, 5.41) is 0.